The third-order valence-electron chi connectivity index (χ3n) is 5.33. The maximum atomic E-state index is 13.2. The number of nitrogens with zero attached hydrogens (tertiary/aromatic N) is 1. The first-order valence-electron chi connectivity index (χ1n) is 11.0. The van der Waals surface area contributed by atoms with Crippen molar-refractivity contribution in [1.29, 1.82) is 0 Å². The summed E-state index contributed by atoms with van der Waals surface area (Å²) in [7, 11) is 0. The Morgan fingerprint density at radius 3 is 2.62 bits per heavy atom. The maximum Gasteiger partial charge on any atom is 0.237 e. The smallest absolute Gasteiger partial charge is 0.237 e. The second kappa shape index (κ2) is 10.8. The Hall–Kier alpha value is -3.91. The normalized spacial score (nSPS) is 17.3. The third kappa shape index (κ3) is 5.52. The van der Waals surface area contributed by atoms with Crippen LogP contribution < -0.4 is 25.4 Å². The van der Waals surface area contributed by atoms with Crippen molar-refractivity contribution in [1.82, 2.24) is 15.6 Å². The molecule has 1 saturated heterocycles. The van der Waals surface area contributed by atoms with E-state index in [0.29, 0.717) is 41.3 Å². The number of ether oxygens (including phenoxy) is 2. The van der Waals surface area contributed by atoms with E-state index in [4.69, 9.17) is 21.7 Å². The van der Waals surface area contributed by atoms with Gasteiger partial charge in [0.25, 0.3) is 0 Å². The van der Waals surface area contributed by atoms with Gasteiger partial charge in [-0.25, -0.2) is 4.98 Å². The van der Waals surface area contributed by atoms with Crippen molar-refractivity contribution in [2.75, 3.05) is 11.9 Å². The Bertz CT molecular complexity index is 1170. The highest BCUT2D eigenvalue weighted by Gasteiger charge is 2.37. The number of pyridine rings is 1. The van der Waals surface area contributed by atoms with Gasteiger partial charge in [-0.15, -0.1) is 0 Å². The summed E-state index contributed by atoms with van der Waals surface area (Å²) in [5.74, 6) is 0.792. The van der Waals surface area contributed by atoms with Gasteiger partial charge in [0.05, 0.1) is 12.6 Å². The molecule has 1 aromatic heterocycles. The van der Waals surface area contributed by atoms with Gasteiger partial charge in [0.1, 0.15) is 18.3 Å². The molecule has 0 saturated carbocycles. The first-order valence-corrected chi connectivity index (χ1v) is 11.4. The zero-order chi connectivity index (χ0) is 23.9. The summed E-state index contributed by atoms with van der Waals surface area (Å²) in [6, 6.07) is 20.4. The molecule has 1 amide bonds. The molecule has 0 aliphatic carbocycles. The van der Waals surface area contributed by atoms with Crippen LogP contribution in [0.5, 0.6) is 11.5 Å². The molecule has 174 valence electrons. The van der Waals surface area contributed by atoms with Gasteiger partial charge in [0.2, 0.25) is 5.91 Å². The number of hydrogen-bond acceptors (Lipinski definition) is 5. The van der Waals surface area contributed by atoms with Gasteiger partial charge in [0.15, 0.2) is 16.6 Å². The Kier molecular flexibility index (Phi) is 7.39. The molecule has 0 radical (unpaired) electrons. The van der Waals surface area contributed by atoms with Gasteiger partial charge >= 0.3 is 0 Å². The SMILES string of the molecule is C=C1NC(=S)NC(c2ccc(OCc3ccccc3)c(OCC)c2)C1C(=O)Nc1ccccn1. The lowest BCUT2D eigenvalue weighted by Crippen LogP contribution is -2.51. The van der Waals surface area contributed by atoms with E-state index in [1.165, 1.54) is 0 Å². The van der Waals surface area contributed by atoms with Gasteiger partial charge < -0.3 is 25.4 Å². The lowest BCUT2D eigenvalue weighted by atomic mass is 9.88. The second-order valence-electron chi connectivity index (χ2n) is 7.70. The predicted molar refractivity (Wildman–Crippen MR) is 135 cm³/mol. The zero-order valence-electron chi connectivity index (χ0n) is 18.8. The minimum Gasteiger partial charge on any atom is -0.490 e. The van der Waals surface area contributed by atoms with E-state index >= 15 is 0 Å². The Balaban J connectivity index is 1.59. The van der Waals surface area contributed by atoms with E-state index in [2.05, 4.69) is 27.5 Å². The average molecular weight is 475 g/mol. The van der Waals surface area contributed by atoms with Crippen molar-refractivity contribution in [3.8, 4) is 11.5 Å². The highest BCUT2D eigenvalue weighted by Crippen LogP contribution is 2.36. The highest BCUT2D eigenvalue weighted by molar-refractivity contribution is 7.80. The molecule has 1 aliphatic rings. The summed E-state index contributed by atoms with van der Waals surface area (Å²) >= 11 is 5.35. The largest absolute Gasteiger partial charge is 0.490 e. The van der Waals surface area contributed by atoms with Crippen molar-refractivity contribution >= 4 is 29.1 Å². The molecule has 2 heterocycles. The van der Waals surface area contributed by atoms with Crippen LogP contribution in [0.4, 0.5) is 5.82 Å². The van der Waals surface area contributed by atoms with E-state index in [0.717, 1.165) is 11.1 Å². The van der Waals surface area contributed by atoms with Crippen molar-refractivity contribution in [3.63, 3.8) is 0 Å². The van der Waals surface area contributed by atoms with E-state index in [1.54, 1.807) is 18.3 Å². The number of rotatable bonds is 8. The summed E-state index contributed by atoms with van der Waals surface area (Å²) in [5.41, 5.74) is 2.38. The van der Waals surface area contributed by atoms with Crippen LogP contribution in [0.25, 0.3) is 0 Å². The topological polar surface area (TPSA) is 84.5 Å². The number of carbonyl (C=O) groups is 1. The summed E-state index contributed by atoms with van der Waals surface area (Å²) in [4.78, 5) is 17.4. The Morgan fingerprint density at radius 1 is 1.09 bits per heavy atom. The Morgan fingerprint density at radius 2 is 1.88 bits per heavy atom. The number of thiocarbonyl (C=S) groups is 1. The molecule has 0 spiro atoms. The van der Waals surface area contributed by atoms with Crippen molar-refractivity contribution < 1.29 is 14.3 Å². The van der Waals surface area contributed by atoms with Crippen LogP contribution in [-0.2, 0) is 11.4 Å². The van der Waals surface area contributed by atoms with Crippen LogP contribution in [-0.4, -0.2) is 22.6 Å². The molecular weight excluding hydrogens is 448 g/mol. The van der Waals surface area contributed by atoms with E-state index in [9.17, 15) is 4.79 Å². The summed E-state index contributed by atoms with van der Waals surface area (Å²) in [6.45, 7) is 6.85. The first kappa shape index (κ1) is 23.3. The number of nitrogens with one attached hydrogen (secondary N) is 3. The molecule has 2 atom stereocenters. The Labute approximate surface area is 204 Å². The molecule has 8 heteroatoms. The fraction of sp³-hybridized carbons (Fsp3) is 0.192. The number of aromatic nitrogens is 1. The van der Waals surface area contributed by atoms with Gasteiger partial charge in [0, 0.05) is 11.9 Å². The molecule has 3 N–H and O–H groups in total. The van der Waals surface area contributed by atoms with Crippen LogP contribution in [0.1, 0.15) is 24.1 Å². The lowest BCUT2D eigenvalue weighted by molar-refractivity contribution is -0.119. The fourth-order valence-corrected chi connectivity index (χ4v) is 4.01. The minimum atomic E-state index is -0.640. The van der Waals surface area contributed by atoms with Crippen molar-refractivity contribution in [2.45, 2.75) is 19.6 Å². The molecule has 2 aromatic carbocycles. The molecule has 3 aromatic rings. The molecular formula is C26H26N4O3S. The minimum absolute atomic E-state index is 0.251. The maximum absolute atomic E-state index is 13.2. The van der Waals surface area contributed by atoms with Crippen LogP contribution in [0, 0.1) is 5.92 Å². The van der Waals surface area contributed by atoms with E-state index in [-0.39, 0.29) is 5.91 Å². The van der Waals surface area contributed by atoms with Crippen LogP contribution >= 0.6 is 12.2 Å². The molecule has 1 aliphatic heterocycles. The van der Waals surface area contributed by atoms with Crippen molar-refractivity contribution in [2.24, 2.45) is 5.92 Å². The predicted octanol–water partition coefficient (Wildman–Crippen LogP) is 4.35. The molecule has 4 rings (SSSR count). The van der Waals surface area contributed by atoms with Gasteiger partial charge in [-0.1, -0.05) is 49.0 Å². The van der Waals surface area contributed by atoms with Crippen LogP contribution in [0.2, 0.25) is 0 Å². The first-order chi connectivity index (χ1) is 16.5. The molecule has 7 nitrogen and oxygen atoms in total. The standard InChI is InChI=1S/C26H26N4O3S/c1-3-32-21-15-19(12-13-20(21)33-16-18-9-5-4-6-10-18)24-23(17(2)28-26(34)30-24)25(31)29-22-11-7-8-14-27-22/h4-15,23-24H,2-3,16H2,1H3,(H,27,29,31)(H2,28,30,34). The number of anilines is 1. The molecule has 34 heavy (non-hydrogen) atoms. The fourth-order valence-electron chi connectivity index (χ4n) is 3.75. The van der Waals surface area contributed by atoms with E-state index < -0.39 is 12.0 Å². The number of carbonyl (C=O) groups excluding carboxylic acids is 1. The highest BCUT2D eigenvalue weighted by atomic mass is 32.1. The number of hydrogen-bond donors (Lipinski definition) is 3. The average Bonchev–Trinajstić information content (AvgIpc) is 2.84. The second-order valence-corrected chi connectivity index (χ2v) is 8.10. The van der Waals surface area contributed by atoms with Gasteiger partial charge in [-0.05, 0) is 54.5 Å². The number of amides is 1. The molecule has 2 unspecified atom stereocenters. The van der Waals surface area contributed by atoms with Gasteiger partial charge in [-0.2, -0.15) is 0 Å². The van der Waals surface area contributed by atoms with Gasteiger partial charge in [-0.3, -0.25) is 4.79 Å². The summed E-state index contributed by atoms with van der Waals surface area (Å²) < 4.78 is 11.9. The molecule has 1 fully saturated rings. The quantitative estimate of drug-likeness (QED) is 0.419. The van der Waals surface area contributed by atoms with Crippen LogP contribution in [0.15, 0.2) is 85.2 Å². The van der Waals surface area contributed by atoms with Crippen molar-refractivity contribution in [3.05, 3.63) is 96.3 Å². The molecule has 0 bridgehead atoms. The monoisotopic (exact) mass is 474 g/mol. The number of benzene rings is 2. The summed E-state index contributed by atoms with van der Waals surface area (Å²) in [6.07, 6.45) is 1.62. The lowest BCUT2D eigenvalue weighted by Gasteiger charge is -2.35. The van der Waals surface area contributed by atoms with E-state index in [1.807, 2.05) is 61.5 Å². The summed E-state index contributed by atoms with van der Waals surface area (Å²) in [5, 5.41) is 9.44. The van der Waals surface area contributed by atoms with Crippen LogP contribution in [0.3, 0.4) is 0 Å². The third-order valence-corrected chi connectivity index (χ3v) is 5.55. The zero-order valence-corrected chi connectivity index (χ0v) is 19.6.